The predicted molar refractivity (Wildman–Crippen MR) is 64.8 cm³/mol. The second-order valence-electron chi connectivity index (χ2n) is 4.26. The van der Waals surface area contributed by atoms with Crippen LogP contribution >= 0.6 is 0 Å². The van der Waals surface area contributed by atoms with Crippen molar-refractivity contribution in [2.75, 3.05) is 5.32 Å². The van der Waals surface area contributed by atoms with Crippen LogP contribution in [0.15, 0.2) is 18.2 Å². The summed E-state index contributed by atoms with van der Waals surface area (Å²) in [5.74, 6) is -2.62. The Hall–Kier alpha value is -1.95. The van der Waals surface area contributed by atoms with E-state index in [9.17, 15) is 14.0 Å². The number of nitrogens with two attached hydrogens (primary N) is 1. The van der Waals surface area contributed by atoms with Gasteiger partial charge in [-0.1, -0.05) is 13.8 Å². The fourth-order valence-corrected chi connectivity index (χ4v) is 1.27. The number of amides is 1. The molecule has 5 nitrogen and oxygen atoms in total. The number of anilines is 1. The van der Waals surface area contributed by atoms with Gasteiger partial charge >= 0.3 is 5.97 Å². The number of carboxylic acid groups (broad SMARTS) is 1. The maximum Gasteiger partial charge on any atom is 0.335 e. The van der Waals surface area contributed by atoms with Crippen molar-refractivity contribution < 1.29 is 19.1 Å². The molecule has 0 saturated heterocycles. The summed E-state index contributed by atoms with van der Waals surface area (Å²) in [6.07, 6.45) is 0. The van der Waals surface area contributed by atoms with Gasteiger partial charge < -0.3 is 16.2 Å². The Morgan fingerprint density at radius 3 is 2.44 bits per heavy atom. The maximum absolute atomic E-state index is 13.5. The molecule has 1 rings (SSSR count). The van der Waals surface area contributed by atoms with Crippen molar-refractivity contribution in [1.82, 2.24) is 0 Å². The van der Waals surface area contributed by atoms with Crippen molar-refractivity contribution in [3.8, 4) is 0 Å². The number of aromatic carboxylic acids is 1. The molecule has 0 aromatic heterocycles. The van der Waals surface area contributed by atoms with Crippen LogP contribution in [0.5, 0.6) is 0 Å². The molecule has 0 unspecified atom stereocenters. The highest BCUT2D eigenvalue weighted by Gasteiger charge is 2.18. The second kappa shape index (κ2) is 5.59. The van der Waals surface area contributed by atoms with Crippen LogP contribution in [-0.4, -0.2) is 23.0 Å². The van der Waals surface area contributed by atoms with E-state index in [4.69, 9.17) is 10.8 Å². The first-order valence-corrected chi connectivity index (χ1v) is 5.42. The highest BCUT2D eigenvalue weighted by Crippen LogP contribution is 2.16. The molecule has 6 heteroatoms. The normalized spacial score (nSPS) is 12.3. The van der Waals surface area contributed by atoms with Crippen LogP contribution in [-0.2, 0) is 4.79 Å². The molecule has 1 aromatic rings. The lowest BCUT2D eigenvalue weighted by molar-refractivity contribution is -0.118. The number of benzene rings is 1. The zero-order chi connectivity index (χ0) is 13.9. The lowest BCUT2D eigenvalue weighted by Gasteiger charge is -2.15. The van der Waals surface area contributed by atoms with Crippen LogP contribution in [0.2, 0.25) is 0 Å². The van der Waals surface area contributed by atoms with E-state index in [2.05, 4.69) is 5.32 Å². The van der Waals surface area contributed by atoms with E-state index >= 15 is 0 Å². The molecule has 0 aliphatic carbocycles. The molecular weight excluding hydrogens is 239 g/mol. The fraction of sp³-hybridized carbons (Fsp3) is 0.333. The number of halogens is 1. The van der Waals surface area contributed by atoms with Gasteiger partial charge in [0.1, 0.15) is 5.82 Å². The van der Waals surface area contributed by atoms with E-state index < -0.39 is 23.7 Å². The van der Waals surface area contributed by atoms with E-state index in [0.717, 1.165) is 6.07 Å². The molecule has 0 heterocycles. The Morgan fingerprint density at radius 2 is 2.00 bits per heavy atom. The third-order valence-corrected chi connectivity index (χ3v) is 2.49. The molecule has 0 saturated carbocycles. The monoisotopic (exact) mass is 254 g/mol. The van der Waals surface area contributed by atoms with Gasteiger partial charge in [0.15, 0.2) is 0 Å². The number of nitrogens with one attached hydrogen (secondary N) is 1. The number of hydrogen-bond acceptors (Lipinski definition) is 3. The minimum Gasteiger partial charge on any atom is -0.478 e. The molecule has 1 aromatic carbocycles. The predicted octanol–water partition coefficient (Wildman–Crippen LogP) is 1.45. The Balaban J connectivity index is 2.86. The van der Waals surface area contributed by atoms with Crippen molar-refractivity contribution >= 4 is 17.6 Å². The van der Waals surface area contributed by atoms with Gasteiger partial charge in [0, 0.05) is 0 Å². The molecule has 0 spiro atoms. The molecule has 98 valence electrons. The summed E-state index contributed by atoms with van der Waals surface area (Å²) in [5.41, 5.74) is 5.34. The van der Waals surface area contributed by atoms with Gasteiger partial charge in [-0.3, -0.25) is 4.79 Å². The first-order chi connectivity index (χ1) is 8.32. The van der Waals surface area contributed by atoms with Gasteiger partial charge in [-0.15, -0.1) is 0 Å². The largest absolute Gasteiger partial charge is 0.478 e. The summed E-state index contributed by atoms with van der Waals surface area (Å²) in [6, 6.07) is 2.51. The first kappa shape index (κ1) is 14.1. The molecule has 0 bridgehead atoms. The summed E-state index contributed by atoms with van der Waals surface area (Å²) in [5, 5.41) is 11.0. The highest BCUT2D eigenvalue weighted by molar-refractivity contribution is 5.95. The lowest BCUT2D eigenvalue weighted by atomic mass is 10.0. The number of carbonyl (C=O) groups is 2. The van der Waals surface area contributed by atoms with E-state index in [1.807, 2.05) is 0 Å². The fourth-order valence-electron chi connectivity index (χ4n) is 1.27. The van der Waals surface area contributed by atoms with E-state index in [1.54, 1.807) is 13.8 Å². The van der Waals surface area contributed by atoms with Crippen LogP contribution in [0, 0.1) is 11.7 Å². The van der Waals surface area contributed by atoms with Gasteiger partial charge in [0.05, 0.1) is 17.3 Å². The molecule has 0 radical (unpaired) electrons. The van der Waals surface area contributed by atoms with Gasteiger partial charge in [-0.25, -0.2) is 9.18 Å². The smallest absolute Gasteiger partial charge is 0.335 e. The minimum absolute atomic E-state index is 0.0774. The topological polar surface area (TPSA) is 92.4 Å². The van der Waals surface area contributed by atoms with Crippen LogP contribution < -0.4 is 11.1 Å². The van der Waals surface area contributed by atoms with Crippen molar-refractivity contribution in [2.24, 2.45) is 11.7 Å². The SMILES string of the molecule is CC(C)[C@H](N)C(=O)Nc1ccc(C(=O)O)cc1F. The van der Waals surface area contributed by atoms with E-state index in [-0.39, 0.29) is 17.2 Å². The summed E-state index contributed by atoms with van der Waals surface area (Å²) in [6.45, 7) is 3.54. The third-order valence-electron chi connectivity index (χ3n) is 2.49. The van der Waals surface area contributed by atoms with Crippen molar-refractivity contribution in [1.29, 1.82) is 0 Å². The first-order valence-electron chi connectivity index (χ1n) is 5.42. The Kier molecular flexibility index (Phi) is 4.38. The van der Waals surface area contributed by atoms with Crippen LogP contribution in [0.3, 0.4) is 0 Å². The van der Waals surface area contributed by atoms with Crippen molar-refractivity contribution in [2.45, 2.75) is 19.9 Å². The molecule has 0 aliphatic heterocycles. The number of rotatable bonds is 4. The minimum atomic E-state index is -1.23. The van der Waals surface area contributed by atoms with Gasteiger partial charge in [-0.2, -0.15) is 0 Å². The number of hydrogen-bond donors (Lipinski definition) is 3. The van der Waals surface area contributed by atoms with Crippen molar-refractivity contribution in [3.05, 3.63) is 29.6 Å². The molecule has 1 amide bonds. The molecule has 0 fully saturated rings. The van der Waals surface area contributed by atoms with Crippen LogP contribution in [0.25, 0.3) is 0 Å². The standard InChI is InChI=1S/C12H15FN2O3/c1-6(2)10(14)11(16)15-9-4-3-7(12(17)18)5-8(9)13/h3-6,10H,14H2,1-2H3,(H,15,16)(H,17,18)/t10-/m0/s1. The quantitative estimate of drug-likeness (QED) is 0.758. The Morgan fingerprint density at radius 1 is 1.39 bits per heavy atom. The van der Waals surface area contributed by atoms with Gasteiger partial charge in [0.25, 0.3) is 0 Å². The van der Waals surface area contributed by atoms with Gasteiger partial charge in [-0.05, 0) is 24.1 Å². The Bertz CT molecular complexity index is 474. The van der Waals surface area contributed by atoms with Crippen LogP contribution in [0.1, 0.15) is 24.2 Å². The molecule has 18 heavy (non-hydrogen) atoms. The summed E-state index contributed by atoms with van der Waals surface area (Å²) in [7, 11) is 0. The Labute approximate surface area is 104 Å². The number of carboxylic acids is 1. The highest BCUT2D eigenvalue weighted by atomic mass is 19.1. The second-order valence-corrected chi connectivity index (χ2v) is 4.26. The van der Waals surface area contributed by atoms with E-state index in [1.165, 1.54) is 12.1 Å². The molecular formula is C12H15FN2O3. The zero-order valence-electron chi connectivity index (χ0n) is 10.1. The zero-order valence-corrected chi connectivity index (χ0v) is 10.1. The molecule has 0 aliphatic rings. The maximum atomic E-state index is 13.5. The lowest BCUT2D eigenvalue weighted by Crippen LogP contribution is -2.39. The van der Waals surface area contributed by atoms with Gasteiger partial charge in [0.2, 0.25) is 5.91 Å². The third kappa shape index (κ3) is 3.27. The number of carbonyl (C=O) groups excluding carboxylic acids is 1. The summed E-state index contributed by atoms with van der Waals surface area (Å²) >= 11 is 0. The molecule has 4 N–H and O–H groups in total. The van der Waals surface area contributed by atoms with E-state index in [0.29, 0.717) is 0 Å². The molecule has 1 atom stereocenters. The summed E-state index contributed by atoms with van der Waals surface area (Å²) < 4.78 is 13.5. The van der Waals surface area contributed by atoms with Crippen molar-refractivity contribution in [3.63, 3.8) is 0 Å². The average Bonchev–Trinajstić information content (AvgIpc) is 2.30. The van der Waals surface area contributed by atoms with Crippen LogP contribution in [0.4, 0.5) is 10.1 Å². The average molecular weight is 254 g/mol. The summed E-state index contributed by atoms with van der Waals surface area (Å²) in [4.78, 5) is 22.2.